The Balaban J connectivity index is 2.07. The third-order valence-corrected chi connectivity index (χ3v) is 4.69. The van der Waals surface area contributed by atoms with Crippen LogP contribution in [0.1, 0.15) is 60.5 Å². The quantitative estimate of drug-likeness (QED) is 0.649. The molecule has 2 aromatic heterocycles. The molecule has 0 spiro atoms. The number of ether oxygens (including phenoxy) is 1. The second kappa shape index (κ2) is 7.03. The zero-order chi connectivity index (χ0) is 17.1. The number of fused-ring (bicyclic) bond motifs is 1. The van der Waals surface area contributed by atoms with Crippen molar-refractivity contribution in [2.45, 2.75) is 52.0 Å². The summed E-state index contributed by atoms with van der Waals surface area (Å²) in [6.07, 6.45) is 10.7. The molecule has 1 aliphatic rings. The van der Waals surface area contributed by atoms with Crippen molar-refractivity contribution in [1.82, 2.24) is 9.61 Å². The molecule has 0 aliphatic heterocycles. The number of nitrogens with zero attached hydrogens (tertiary/aromatic N) is 2. The Morgan fingerprint density at radius 1 is 1.46 bits per heavy atom. The molecule has 6 heteroatoms. The predicted octanol–water partition coefficient (Wildman–Crippen LogP) is 3.56. The molecule has 1 fully saturated rings. The molecule has 1 saturated carbocycles. The Bertz CT molecular complexity index is 760. The van der Waals surface area contributed by atoms with E-state index < -0.39 is 0 Å². The topological polar surface area (TPSA) is 79.5 Å². The fraction of sp³-hybridized carbons (Fsp3) is 0.500. The number of anilines is 1. The molecule has 2 N–H and O–H groups in total. The van der Waals surface area contributed by atoms with Crippen LogP contribution >= 0.6 is 0 Å². The molecule has 6 nitrogen and oxygen atoms in total. The number of hydrogen-bond donors (Lipinski definition) is 2. The van der Waals surface area contributed by atoms with Gasteiger partial charge in [0.15, 0.2) is 0 Å². The molecule has 0 radical (unpaired) electrons. The Labute approximate surface area is 141 Å². The highest BCUT2D eigenvalue weighted by Gasteiger charge is 2.22. The Morgan fingerprint density at radius 3 is 2.88 bits per heavy atom. The minimum absolute atomic E-state index is 0.333. The summed E-state index contributed by atoms with van der Waals surface area (Å²) in [6.45, 7) is 4.05. The molecule has 24 heavy (non-hydrogen) atoms. The van der Waals surface area contributed by atoms with Crippen molar-refractivity contribution in [3.8, 4) is 0 Å². The lowest BCUT2D eigenvalue weighted by molar-refractivity contribution is 0.0525. The van der Waals surface area contributed by atoms with Gasteiger partial charge in [-0.05, 0) is 32.3 Å². The van der Waals surface area contributed by atoms with Gasteiger partial charge in [0.05, 0.1) is 29.6 Å². The molecule has 2 heterocycles. The summed E-state index contributed by atoms with van der Waals surface area (Å²) in [5, 5.41) is 15.7. The summed E-state index contributed by atoms with van der Waals surface area (Å²) in [7, 11) is 0. The largest absolute Gasteiger partial charge is 0.462 e. The van der Waals surface area contributed by atoms with Crippen LogP contribution in [-0.4, -0.2) is 34.4 Å². The lowest BCUT2D eigenvalue weighted by atomic mass is 9.95. The maximum absolute atomic E-state index is 12.2. The standard InChI is InChI=1S/C18H24N4O2/c1-3-24-18(23)15-11-22-17(12(15)2)16(13(9-19)10-20-22)21-14-7-5-4-6-8-14/h9-11,14,19,21H,3-8H2,1-2H3. The number of esters is 1. The van der Waals surface area contributed by atoms with Crippen LogP contribution in [0.25, 0.3) is 5.52 Å². The van der Waals surface area contributed by atoms with Gasteiger partial charge in [-0.2, -0.15) is 5.10 Å². The van der Waals surface area contributed by atoms with Gasteiger partial charge in [0, 0.05) is 24.0 Å². The molecule has 2 aromatic rings. The molecule has 0 bridgehead atoms. The molecule has 128 valence electrons. The first-order valence-corrected chi connectivity index (χ1v) is 8.60. The number of aromatic nitrogens is 2. The molecule has 0 amide bonds. The minimum atomic E-state index is -0.333. The second-order valence-electron chi connectivity index (χ2n) is 6.28. The van der Waals surface area contributed by atoms with E-state index in [0.717, 1.165) is 35.2 Å². The van der Waals surface area contributed by atoms with E-state index in [1.807, 2.05) is 6.92 Å². The van der Waals surface area contributed by atoms with E-state index in [-0.39, 0.29) is 5.97 Å². The van der Waals surface area contributed by atoms with Crippen molar-refractivity contribution in [3.05, 3.63) is 29.1 Å². The van der Waals surface area contributed by atoms with Crippen molar-refractivity contribution in [2.24, 2.45) is 0 Å². The van der Waals surface area contributed by atoms with Crippen LogP contribution in [-0.2, 0) is 4.74 Å². The van der Waals surface area contributed by atoms with Crippen LogP contribution in [0.5, 0.6) is 0 Å². The summed E-state index contributed by atoms with van der Waals surface area (Å²) in [5.74, 6) is -0.333. The summed E-state index contributed by atoms with van der Waals surface area (Å²) in [5.41, 5.74) is 3.84. The maximum atomic E-state index is 12.2. The van der Waals surface area contributed by atoms with Crippen molar-refractivity contribution in [2.75, 3.05) is 11.9 Å². The van der Waals surface area contributed by atoms with Crippen LogP contribution in [0.2, 0.25) is 0 Å². The third kappa shape index (κ3) is 3.00. The second-order valence-corrected chi connectivity index (χ2v) is 6.28. The number of rotatable bonds is 5. The zero-order valence-corrected chi connectivity index (χ0v) is 14.3. The first kappa shape index (κ1) is 16.5. The van der Waals surface area contributed by atoms with Crippen molar-refractivity contribution >= 4 is 23.4 Å². The molecule has 1 aliphatic carbocycles. The van der Waals surface area contributed by atoms with Crippen molar-refractivity contribution in [3.63, 3.8) is 0 Å². The van der Waals surface area contributed by atoms with Gasteiger partial charge in [-0.15, -0.1) is 0 Å². The molecule has 0 atom stereocenters. The number of carbonyl (C=O) groups is 1. The fourth-order valence-electron chi connectivity index (χ4n) is 3.43. The lowest BCUT2D eigenvalue weighted by Crippen LogP contribution is -2.23. The van der Waals surface area contributed by atoms with E-state index in [1.54, 1.807) is 23.8 Å². The number of aryl methyl sites for hydroxylation is 1. The molecule has 3 rings (SSSR count). The van der Waals surface area contributed by atoms with Crippen molar-refractivity contribution < 1.29 is 9.53 Å². The molecule has 0 saturated heterocycles. The fourth-order valence-corrected chi connectivity index (χ4v) is 3.43. The normalized spacial score (nSPS) is 15.4. The van der Waals surface area contributed by atoms with Gasteiger partial charge in [0.1, 0.15) is 0 Å². The van der Waals surface area contributed by atoms with Gasteiger partial charge >= 0.3 is 5.97 Å². The lowest BCUT2D eigenvalue weighted by Gasteiger charge is -2.25. The van der Waals surface area contributed by atoms with Crippen LogP contribution < -0.4 is 5.32 Å². The van der Waals surface area contributed by atoms with Gasteiger partial charge in [-0.3, -0.25) is 0 Å². The maximum Gasteiger partial charge on any atom is 0.340 e. The highest BCUT2D eigenvalue weighted by molar-refractivity contribution is 5.99. The monoisotopic (exact) mass is 328 g/mol. The minimum Gasteiger partial charge on any atom is -0.462 e. The Kier molecular flexibility index (Phi) is 4.83. The van der Waals surface area contributed by atoms with E-state index in [0.29, 0.717) is 18.2 Å². The summed E-state index contributed by atoms with van der Waals surface area (Å²) >= 11 is 0. The highest BCUT2D eigenvalue weighted by Crippen LogP contribution is 2.30. The van der Waals surface area contributed by atoms with Crippen LogP contribution in [0.3, 0.4) is 0 Å². The van der Waals surface area contributed by atoms with Crippen LogP contribution in [0, 0.1) is 12.3 Å². The molecular weight excluding hydrogens is 304 g/mol. The number of carbonyl (C=O) groups excluding carboxylic acids is 1. The van der Waals surface area contributed by atoms with Gasteiger partial charge in [0.25, 0.3) is 0 Å². The summed E-state index contributed by atoms with van der Waals surface area (Å²) in [4.78, 5) is 12.2. The van der Waals surface area contributed by atoms with E-state index >= 15 is 0 Å². The zero-order valence-electron chi connectivity index (χ0n) is 14.3. The van der Waals surface area contributed by atoms with Crippen molar-refractivity contribution in [1.29, 1.82) is 5.41 Å². The van der Waals surface area contributed by atoms with E-state index in [9.17, 15) is 4.79 Å². The Morgan fingerprint density at radius 2 is 2.21 bits per heavy atom. The molecule has 0 aromatic carbocycles. The number of nitrogens with one attached hydrogen (secondary N) is 2. The highest BCUT2D eigenvalue weighted by atomic mass is 16.5. The summed E-state index contributed by atoms with van der Waals surface area (Å²) in [6, 6.07) is 0.406. The first-order chi connectivity index (χ1) is 11.7. The van der Waals surface area contributed by atoms with E-state index in [2.05, 4.69) is 10.4 Å². The first-order valence-electron chi connectivity index (χ1n) is 8.60. The SMILES string of the molecule is CCOC(=O)c1cn2ncc(C=N)c(NC3CCCCC3)c2c1C. The smallest absolute Gasteiger partial charge is 0.340 e. The average molecular weight is 328 g/mol. The van der Waals surface area contributed by atoms with Crippen LogP contribution in [0.15, 0.2) is 12.4 Å². The van der Waals surface area contributed by atoms with Crippen LogP contribution in [0.4, 0.5) is 5.69 Å². The van der Waals surface area contributed by atoms with Gasteiger partial charge in [0.2, 0.25) is 0 Å². The predicted molar refractivity (Wildman–Crippen MR) is 94.3 cm³/mol. The Hall–Kier alpha value is -2.37. The average Bonchev–Trinajstić information content (AvgIpc) is 2.94. The van der Waals surface area contributed by atoms with E-state index in [1.165, 1.54) is 25.5 Å². The summed E-state index contributed by atoms with van der Waals surface area (Å²) < 4.78 is 6.85. The molecular formula is C18H24N4O2. The number of hydrogen-bond acceptors (Lipinski definition) is 5. The van der Waals surface area contributed by atoms with Gasteiger partial charge in [-0.1, -0.05) is 19.3 Å². The van der Waals surface area contributed by atoms with E-state index in [4.69, 9.17) is 10.1 Å². The van der Waals surface area contributed by atoms with Gasteiger partial charge in [-0.25, -0.2) is 9.31 Å². The third-order valence-electron chi connectivity index (χ3n) is 4.69. The molecule has 0 unspecified atom stereocenters. The van der Waals surface area contributed by atoms with Gasteiger partial charge < -0.3 is 15.5 Å².